The molecular formula is C12H13N3. The molecule has 0 aromatic heterocycles. The Bertz CT molecular complexity index is 441. The van der Waals surface area contributed by atoms with Crippen LogP contribution in [-0.2, 0) is 0 Å². The van der Waals surface area contributed by atoms with Gasteiger partial charge in [0.1, 0.15) is 5.84 Å². The first-order valence-corrected chi connectivity index (χ1v) is 5.11. The summed E-state index contributed by atoms with van der Waals surface area (Å²) in [6.45, 7) is 3.88. The molecule has 1 aliphatic heterocycles. The predicted octanol–water partition coefficient (Wildman–Crippen LogP) is 1.61. The Morgan fingerprint density at radius 2 is 2.33 bits per heavy atom. The first-order valence-electron chi connectivity index (χ1n) is 5.11. The molecule has 2 rings (SSSR count). The molecule has 0 radical (unpaired) electrons. The molecule has 1 N–H and O–H groups in total. The number of aryl methyl sites for hydroxylation is 1. The number of rotatable bonds is 1. The normalized spacial score (nSPS) is 15.1. The van der Waals surface area contributed by atoms with E-state index in [2.05, 4.69) is 16.4 Å². The molecule has 3 heteroatoms. The van der Waals surface area contributed by atoms with Crippen molar-refractivity contribution in [2.75, 3.05) is 13.1 Å². The van der Waals surface area contributed by atoms with Gasteiger partial charge in [-0.1, -0.05) is 0 Å². The van der Waals surface area contributed by atoms with Gasteiger partial charge in [0.25, 0.3) is 0 Å². The van der Waals surface area contributed by atoms with E-state index >= 15 is 0 Å². The van der Waals surface area contributed by atoms with E-state index < -0.39 is 0 Å². The van der Waals surface area contributed by atoms with E-state index in [1.807, 2.05) is 25.1 Å². The number of nitrogens with one attached hydrogen (secondary N) is 1. The molecule has 0 unspecified atom stereocenters. The van der Waals surface area contributed by atoms with Gasteiger partial charge in [-0.15, -0.1) is 0 Å². The molecule has 1 aliphatic rings. The lowest BCUT2D eigenvalue weighted by atomic mass is 10.0. The van der Waals surface area contributed by atoms with Crippen LogP contribution in [0.3, 0.4) is 0 Å². The number of aliphatic imine (C=N–C) groups is 1. The second-order valence-corrected chi connectivity index (χ2v) is 3.65. The topological polar surface area (TPSA) is 48.2 Å². The van der Waals surface area contributed by atoms with Gasteiger partial charge in [0.2, 0.25) is 0 Å². The van der Waals surface area contributed by atoms with E-state index in [-0.39, 0.29) is 0 Å². The Hall–Kier alpha value is -1.82. The molecule has 0 amide bonds. The average molecular weight is 199 g/mol. The average Bonchev–Trinajstić information content (AvgIpc) is 2.30. The van der Waals surface area contributed by atoms with E-state index in [0.29, 0.717) is 5.56 Å². The van der Waals surface area contributed by atoms with Gasteiger partial charge >= 0.3 is 0 Å². The molecule has 0 aliphatic carbocycles. The predicted molar refractivity (Wildman–Crippen MR) is 59.9 cm³/mol. The van der Waals surface area contributed by atoms with Gasteiger partial charge in [-0.05, 0) is 37.1 Å². The number of nitriles is 1. The standard InChI is InChI=1S/C12H13N3/c1-9-7-10(8-13)3-4-11(9)12-14-5-2-6-15-12/h3-4,7H,2,5-6H2,1H3,(H,14,15). The van der Waals surface area contributed by atoms with Gasteiger partial charge in [0.05, 0.1) is 11.6 Å². The van der Waals surface area contributed by atoms with Gasteiger partial charge in [-0.25, -0.2) is 0 Å². The molecule has 0 spiro atoms. The van der Waals surface area contributed by atoms with Crippen LogP contribution in [0.15, 0.2) is 23.2 Å². The Morgan fingerprint density at radius 1 is 1.47 bits per heavy atom. The molecule has 0 atom stereocenters. The molecule has 0 fully saturated rings. The largest absolute Gasteiger partial charge is 0.370 e. The van der Waals surface area contributed by atoms with E-state index in [4.69, 9.17) is 5.26 Å². The summed E-state index contributed by atoms with van der Waals surface area (Å²) < 4.78 is 0. The third kappa shape index (κ3) is 1.99. The molecule has 0 saturated heterocycles. The molecule has 1 aromatic carbocycles. The summed E-state index contributed by atoms with van der Waals surface area (Å²) >= 11 is 0. The highest BCUT2D eigenvalue weighted by Gasteiger charge is 2.09. The Labute approximate surface area is 89.5 Å². The summed E-state index contributed by atoms with van der Waals surface area (Å²) in [5.41, 5.74) is 2.91. The van der Waals surface area contributed by atoms with Crippen molar-refractivity contribution in [2.45, 2.75) is 13.3 Å². The number of amidine groups is 1. The van der Waals surface area contributed by atoms with Crippen LogP contribution in [0.5, 0.6) is 0 Å². The lowest BCUT2D eigenvalue weighted by Crippen LogP contribution is -2.30. The summed E-state index contributed by atoms with van der Waals surface area (Å²) in [6, 6.07) is 7.83. The van der Waals surface area contributed by atoms with Gasteiger partial charge in [-0.2, -0.15) is 5.26 Å². The first kappa shape index (κ1) is 9.72. The Balaban J connectivity index is 2.37. The van der Waals surface area contributed by atoms with Crippen LogP contribution in [-0.4, -0.2) is 18.9 Å². The quantitative estimate of drug-likeness (QED) is 0.747. The third-order valence-corrected chi connectivity index (χ3v) is 2.51. The van der Waals surface area contributed by atoms with E-state index in [1.165, 1.54) is 0 Å². The van der Waals surface area contributed by atoms with Gasteiger partial charge in [0.15, 0.2) is 0 Å². The fourth-order valence-corrected chi connectivity index (χ4v) is 1.71. The van der Waals surface area contributed by atoms with Crippen molar-refractivity contribution in [3.63, 3.8) is 0 Å². The van der Waals surface area contributed by atoms with E-state index in [9.17, 15) is 0 Å². The second-order valence-electron chi connectivity index (χ2n) is 3.65. The summed E-state index contributed by atoms with van der Waals surface area (Å²) in [5, 5.41) is 12.0. The van der Waals surface area contributed by atoms with E-state index in [0.717, 1.165) is 36.5 Å². The van der Waals surface area contributed by atoms with Crippen molar-refractivity contribution >= 4 is 5.84 Å². The zero-order valence-electron chi connectivity index (χ0n) is 8.75. The lowest BCUT2D eigenvalue weighted by molar-refractivity contribution is 0.742. The number of hydrogen-bond donors (Lipinski definition) is 1. The molecule has 3 nitrogen and oxygen atoms in total. The lowest BCUT2D eigenvalue weighted by Gasteiger charge is -2.16. The van der Waals surface area contributed by atoms with Crippen molar-refractivity contribution in [1.29, 1.82) is 5.26 Å². The minimum atomic E-state index is 0.702. The molecular weight excluding hydrogens is 186 g/mol. The van der Waals surface area contributed by atoms with Gasteiger partial charge in [-0.3, -0.25) is 4.99 Å². The fraction of sp³-hybridized carbons (Fsp3) is 0.333. The Morgan fingerprint density at radius 3 is 2.93 bits per heavy atom. The van der Waals surface area contributed by atoms with Crippen LogP contribution in [0.2, 0.25) is 0 Å². The molecule has 1 aromatic rings. The highest BCUT2D eigenvalue weighted by molar-refractivity contribution is 6.00. The second kappa shape index (κ2) is 4.14. The summed E-state index contributed by atoms with van der Waals surface area (Å²) in [5.74, 6) is 0.961. The molecule has 0 saturated carbocycles. The van der Waals surface area contributed by atoms with Crippen LogP contribution < -0.4 is 5.32 Å². The summed E-state index contributed by atoms with van der Waals surface area (Å²) in [4.78, 5) is 4.44. The Kier molecular flexibility index (Phi) is 2.68. The van der Waals surface area contributed by atoms with Crippen LogP contribution in [0.25, 0.3) is 0 Å². The third-order valence-electron chi connectivity index (χ3n) is 2.51. The maximum atomic E-state index is 8.77. The summed E-state index contributed by atoms with van der Waals surface area (Å²) in [7, 11) is 0. The van der Waals surface area contributed by atoms with Crippen molar-refractivity contribution < 1.29 is 0 Å². The minimum absolute atomic E-state index is 0.702. The molecule has 1 heterocycles. The first-order chi connectivity index (χ1) is 7.31. The zero-order valence-corrected chi connectivity index (χ0v) is 8.75. The zero-order chi connectivity index (χ0) is 10.7. The monoisotopic (exact) mass is 199 g/mol. The van der Waals surface area contributed by atoms with Crippen molar-refractivity contribution in [2.24, 2.45) is 4.99 Å². The molecule has 76 valence electrons. The van der Waals surface area contributed by atoms with Crippen LogP contribution >= 0.6 is 0 Å². The maximum absolute atomic E-state index is 8.77. The fourth-order valence-electron chi connectivity index (χ4n) is 1.71. The van der Waals surface area contributed by atoms with Crippen molar-refractivity contribution in [1.82, 2.24) is 5.32 Å². The number of benzene rings is 1. The molecule has 0 bridgehead atoms. The number of hydrogen-bond acceptors (Lipinski definition) is 3. The summed E-state index contributed by atoms with van der Waals surface area (Å²) in [6.07, 6.45) is 1.10. The van der Waals surface area contributed by atoms with Crippen molar-refractivity contribution in [3.8, 4) is 6.07 Å². The maximum Gasteiger partial charge on any atom is 0.128 e. The number of nitrogens with zero attached hydrogens (tertiary/aromatic N) is 2. The van der Waals surface area contributed by atoms with E-state index in [1.54, 1.807) is 0 Å². The minimum Gasteiger partial charge on any atom is -0.370 e. The molecule has 15 heavy (non-hydrogen) atoms. The van der Waals surface area contributed by atoms with Gasteiger partial charge in [0, 0.05) is 18.7 Å². The SMILES string of the molecule is Cc1cc(C#N)ccc1C1=NCCCN1. The van der Waals surface area contributed by atoms with Crippen molar-refractivity contribution in [3.05, 3.63) is 34.9 Å². The van der Waals surface area contributed by atoms with Crippen LogP contribution in [0, 0.1) is 18.3 Å². The highest BCUT2D eigenvalue weighted by Crippen LogP contribution is 2.12. The van der Waals surface area contributed by atoms with Gasteiger partial charge < -0.3 is 5.32 Å². The smallest absolute Gasteiger partial charge is 0.128 e. The van der Waals surface area contributed by atoms with Crippen LogP contribution in [0.1, 0.15) is 23.1 Å². The van der Waals surface area contributed by atoms with Crippen LogP contribution in [0.4, 0.5) is 0 Å². The highest BCUT2D eigenvalue weighted by atomic mass is 15.0.